The Morgan fingerprint density at radius 1 is 0.523 bits per heavy atom. The van der Waals surface area contributed by atoms with Gasteiger partial charge in [0.15, 0.2) is 24.2 Å². The molecule has 4 aliphatic rings. The average Bonchev–Trinajstić information content (AvgIpc) is 3.81. The topological polar surface area (TPSA) is 181 Å². The predicted octanol–water partition coefficient (Wildman–Crippen LogP) is 3.47. The van der Waals surface area contributed by atoms with Crippen LogP contribution in [0.4, 0.5) is 23.0 Å². The van der Waals surface area contributed by atoms with Gasteiger partial charge in [0.25, 0.3) is 11.1 Å². The number of rotatable bonds is 11. The zero-order valence-electron chi connectivity index (χ0n) is 36.6. The van der Waals surface area contributed by atoms with Crippen molar-refractivity contribution >= 4 is 23.0 Å². The number of nitrogens with two attached hydrogens (primary N) is 2. The Morgan fingerprint density at radius 3 is 1.35 bits per heavy atom. The third-order valence-corrected chi connectivity index (χ3v) is 13.3. The van der Waals surface area contributed by atoms with E-state index in [4.69, 9.17) is 11.5 Å². The highest BCUT2D eigenvalue weighted by Crippen LogP contribution is 2.48. The van der Waals surface area contributed by atoms with Crippen molar-refractivity contribution in [1.82, 2.24) is 28.9 Å². The van der Waals surface area contributed by atoms with Crippen LogP contribution in [-0.2, 0) is 26.2 Å². The van der Waals surface area contributed by atoms with Gasteiger partial charge >= 0.3 is 11.4 Å². The number of aromatic amines is 2. The van der Waals surface area contributed by atoms with Gasteiger partial charge in [-0.1, -0.05) is 115 Å². The number of nitrogens with one attached hydrogen (secondary N) is 2. The monoisotopic (exact) mass is 876 g/mol. The van der Waals surface area contributed by atoms with Crippen molar-refractivity contribution in [2.45, 2.75) is 83.4 Å². The molecule has 10 rings (SSSR count). The first kappa shape index (κ1) is 42.2. The van der Waals surface area contributed by atoms with Crippen LogP contribution in [0.1, 0.15) is 53.5 Å². The molecule has 6 aromatic rings. The molecule has 6 N–H and O–H groups in total. The van der Waals surface area contributed by atoms with Crippen LogP contribution in [-0.4, -0.2) is 79.7 Å². The highest BCUT2D eigenvalue weighted by molar-refractivity contribution is 5.82. The molecular weight excluding hydrogens is 821 g/mol. The first-order valence-electron chi connectivity index (χ1n) is 22.7. The van der Waals surface area contributed by atoms with E-state index < -0.39 is 35.1 Å². The lowest BCUT2D eigenvalue weighted by Crippen LogP contribution is -2.69. The molecular formula is C49H56N12O4. The molecule has 4 unspecified atom stereocenters. The molecule has 4 aliphatic heterocycles. The molecule has 2 saturated heterocycles. The van der Waals surface area contributed by atoms with Crippen LogP contribution >= 0.6 is 0 Å². The largest absolute Gasteiger partial charge is 0.330 e. The fraction of sp³-hybridized carbons (Fsp3) is 0.347. The maximum absolute atomic E-state index is 14.9. The number of piperidine rings is 2. The van der Waals surface area contributed by atoms with Crippen LogP contribution < -0.4 is 53.8 Å². The van der Waals surface area contributed by atoms with Gasteiger partial charge in [-0.2, -0.15) is 0 Å². The van der Waals surface area contributed by atoms with Gasteiger partial charge < -0.3 is 21.3 Å². The summed E-state index contributed by atoms with van der Waals surface area (Å²) >= 11 is 0. The fourth-order valence-corrected chi connectivity index (χ4v) is 10.3. The van der Waals surface area contributed by atoms with E-state index in [1.807, 2.05) is 113 Å². The van der Waals surface area contributed by atoms with Crippen LogP contribution in [0.15, 0.2) is 134 Å². The van der Waals surface area contributed by atoms with Crippen LogP contribution in [0.25, 0.3) is 0 Å². The Labute approximate surface area is 376 Å². The summed E-state index contributed by atoms with van der Waals surface area (Å²) in [5.74, 6) is 0.690. The minimum atomic E-state index is -0.758. The van der Waals surface area contributed by atoms with Crippen LogP contribution in [0.5, 0.6) is 0 Å². The third kappa shape index (κ3) is 7.96. The second-order valence-corrected chi connectivity index (χ2v) is 17.9. The molecule has 4 atom stereocenters. The Kier molecular flexibility index (Phi) is 11.5. The number of nitrogens with zero attached hydrogens (tertiary/aromatic N) is 8. The van der Waals surface area contributed by atoms with E-state index in [9.17, 15) is 19.2 Å². The van der Waals surface area contributed by atoms with E-state index in [1.54, 1.807) is 9.13 Å². The lowest BCUT2D eigenvalue weighted by Gasteiger charge is -2.51. The van der Waals surface area contributed by atoms with Gasteiger partial charge in [0.2, 0.25) is 0 Å². The molecule has 0 amide bonds. The number of likely N-dealkylation sites (tertiary alicyclic amines) is 2. The standard InChI is InChI=1S/C49H56N12O4/c1-33-15-11-12-22-37(33)30-57-41-43(63)53-47(65)59(29-36-20-9-4-10-21-36)45(41)61(49(57)55-26-14-24-39(51)32-55)60-44-40(42(62)52-46(64)58(44)28-35-18-7-3-8-19-35)56(27-34-16-5-2-6-17-34)48(60)54-25-13-23-38(50)31-54/h2-12,15-22,38-39,48-49H,13-14,23-32,50-51H2,1H3,(H,52,62,64)(H,53,63,65). The number of hydrazine groups is 1. The van der Waals surface area contributed by atoms with Crippen molar-refractivity contribution in [3.63, 3.8) is 0 Å². The highest BCUT2D eigenvalue weighted by atomic mass is 16.2. The normalized spacial score (nSPS) is 21.2. The van der Waals surface area contributed by atoms with E-state index in [0.29, 0.717) is 62.3 Å². The van der Waals surface area contributed by atoms with E-state index in [1.165, 1.54) is 0 Å². The number of hydrogen-bond acceptors (Lipinski definition) is 12. The number of fused-ring (bicyclic) bond motifs is 2. The predicted molar refractivity (Wildman–Crippen MR) is 254 cm³/mol. The van der Waals surface area contributed by atoms with Gasteiger partial charge in [-0.25, -0.2) is 19.6 Å². The van der Waals surface area contributed by atoms with Gasteiger partial charge in [0.05, 0.1) is 13.1 Å². The van der Waals surface area contributed by atoms with Crippen molar-refractivity contribution < 1.29 is 0 Å². The molecule has 6 heterocycles. The summed E-state index contributed by atoms with van der Waals surface area (Å²) in [6.45, 7) is 5.14. The maximum atomic E-state index is 14.9. The molecule has 0 saturated carbocycles. The lowest BCUT2D eigenvalue weighted by molar-refractivity contribution is 0.113. The second-order valence-electron chi connectivity index (χ2n) is 17.9. The van der Waals surface area contributed by atoms with Gasteiger partial charge in [0, 0.05) is 51.4 Å². The molecule has 0 radical (unpaired) electrons. The maximum Gasteiger partial charge on any atom is 0.330 e. The Morgan fingerprint density at radius 2 is 0.923 bits per heavy atom. The van der Waals surface area contributed by atoms with Crippen LogP contribution in [0.3, 0.4) is 0 Å². The number of H-pyrrole nitrogens is 2. The molecule has 4 aromatic carbocycles. The molecule has 336 valence electrons. The van der Waals surface area contributed by atoms with Crippen molar-refractivity contribution in [3.05, 3.63) is 185 Å². The minimum Gasteiger partial charge on any atom is -0.327 e. The molecule has 16 heteroatoms. The summed E-state index contributed by atoms with van der Waals surface area (Å²) in [6, 6.07) is 37.1. The van der Waals surface area contributed by atoms with Crippen LogP contribution in [0.2, 0.25) is 0 Å². The van der Waals surface area contributed by atoms with Crippen LogP contribution in [0, 0.1) is 6.92 Å². The van der Waals surface area contributed by atoms with E-state index in [0.717, 1.165) is 53.5 Å². The quantitative estimate of drug-likeness (QED) is 0.149. The highest BCUT2D eigenvalue weighted by Gasteiger charge is 2.55. The first-order chi connectivity index (χ1) is 31.6. The van der Waals surface area contributed by atoms with Crippen molar-refractivity contribution in [2.75, 3.05) is 46.0 Å². The number of aryl methyl sites for hydroxylation is 1. The van der Waals surface area contributed by atoms with E-state index in [-0.39, 0.29) is 25.2 Å². The van der Waals surface area contributed by atoms with Crippen molar-refractivity contribution in [2.24, 2.45) is 11.5 Å². The summed E-state index contributed by atoms with van der Waals surface area (Å²) in [4.78, 5) is 73.3. The zero-order chi connectivity index (χ0) is 44.8. The summed E-state index contributed by atoms with van der Waals surface area (Å²) in [5.41, 5.74) is 16.7. The van der Waals surface area contributed by atoms with Crippen molar-refractivity contribution in [1.29, 1.82) is 0 Å². The summed E-state index contributed by atoms with van der Waals surface area (Å²) in [6.07, 6.45) is 1.73. The Bertz CT molecular complexity index is 2900. The van der Waals surface area contributed by atoms with Crippen molar-refractivity contribution in [3.8, 4) is 0 Å². The van der Waals surface area contributed by atoms with Gasteiger partial charge in [-0.05, 0) is 60.4 Å². The number of hydrogen-bond donors (Lipinski definition) is 4. The smallest absolute Gasteiger partial charge is 0.327 e. The molecule has 0 bridgehead atoms. The SMILES string of the molecule is Cc1ccccc1CN1c2c(n(Cc3ccccc3)c(=O)[nH]c2=O)N(N2c3c(c(=O)[nH]c(=O)n3Cc3ccccc3)N(Cc3ccccc3)C2N2CCCC(N)C2)C1N1CCCC(N)C1. The fourth-order valence-electron chi connectivity index (χ4n) is 10.3. The van der Waals surface area contributed by atoms with Gasteiger partial charge in [0.1, 0.15) is 11.4 Å². The van der Waals surface area contributed by atoms with Gasteiger partial charge in [-0.3, -0.25) is 38.5 Å². The number of aromatic nitrogens is 4. The van der Waals surface area contributed by atoms with E-state index >= 15 is 0 Å². The lowest BCUT2D eigenvalue weighted by atomic mass is 10.1. The Balaban J connectivity index is 1.31. The second kappa shape index (κ2) is 17.7. The van der Waals surface area contributed by atoms with E-state index in [2.05, 4.69) is 48.6 Å². The zero-order valence-corrected chi connectivity index (χ0v) is 36.6. The summed E-state index contributed by atoms with van der Waals surface area (Å²) in [5, 5.41) is 4.08. The minimum absolute atomic E-state index is 0.125. The number of anilines is 4. The van der Waals surface area contributed by atoms with Gasteiger partial charge in [-0.15, -0.1) is 0 Å². The average molecular weight is 877 g/mol. The summed E-state index contributed by atoms with van der Waals surface area (Å²) < 4.78 is 3.26. The molecule has 0 spiro atoms. The summed E-state index contributed by atoms with van der Waals surface area (Å²) in [7, 11) is 0. The first-order valence-corrected chi connectivity index (χ1v) is 22.7. The molecule has 65 heavy (non-hydrogen) atoms. The molecule has 2 aromatic heterocycles. The third-order valence-electron chi connectivity index (χ3n) is 13.3. The molecule has 0 aliphatic carbocycles. The molecule has 16 nitrogen and oxygen atoms in total. The number of benzene rings is 4. The molecule has 2 fully saturated rings. The Hall–Kier alpha value is -6.72.